The van der Waals surface area contributed by atoms with E-state index >= 15 is 0 Å². The first-order chi connectivity index (χ1) is 5.16. The monoisotopic (exact) mass is 208 g/mol. The summed E-state index contributed by atoms with van der Waals surface area (Å²) in [6, 6.07) is 0. The molecule has 2 radical (unpaired) electrons. The van der Waals surface area contributed by atoms with Crippen molar-refractivity contribution in [3.05, 3.63) is 0 Å². The van der Waals surface area contributed by atoms with E-state index in [2.05, 4.69) is 0 Å². The van der Waals surface area contributed by atoms with Gasteiger partial charge in [-0.1, -0.05) is 12.2 Å². The van der Waals surface area contributed by atoms with Gasteiger partial charge in [0.05, 0.1) is 0 Å². The number of hydrogen-bond acceptors (Lipinski definition) is 4. The molecule has 0 saturated heterocycles. The van der Waals surface area contributed by atoms with E-state index in [4.69, 9.17) is 33.1 Å². The van der Waals surface area contributed by atoms with Crippen LogP contribution in [0.4, 0.5) is 0 Å². The Balaban J connectivity index is 4.38. The summed E-state index contributed by atoms with van der Waals surface area (Å²) in [6.07, 6.45) is 0. The Kier molecular flexibility index (Phi) is 5.68. The molecule has 0 aliphatic rings. The Morgan fingerprint density at radius 3 is 1.73 bits per heavy atom. The van der Waals surface area contributed by atoms with Crippen molar-refractivity contribution in [3.8, 4) is 0 Å². The summed E-state index contributed by atoms with van der Waals surface area (Å²) in [5.74, 6) is 0. The largest absolute Gasteiger partial charge is 0.520 e. The van der Waals surface area contributed by atoms with Gasteiger partial charge in [-0.2, -0.15) is 0 Å². The summed E-state index contributed by atoms with van der Waals surface area (Å²) in [5.41, 5.74) is 0. The van der Waals surface area contributed by atoms with Crippen molar-refractivity contribution in [2.75, 3.05) is 21.3 Å². The normalized spacial score (nSPS) is 14.5. The molecule has 1 atom stereocenters. The highest BCUT2D eigenvalue weighted by molar-refractivity contribution is 8.23. The molecular formula is C4H10BO3PSSi. The SMILES string of the molecule is [B]P(C=S)[Si](OC)(OC)OC. The van der Waals surface area contributed by atoms with Crippen molar-refractivity contribution in [2.24, 2.45) is 0 Å². The Hall–Kier alpha value is 0.682. The molecule has 1 unspecified atom stereocenters. The van der Waals surface area contributed by atoms with Crippen LogP contribution in [-0.2, 0) is 13.3 Å². The molecule has 0 aromatic heterocycles. The molecule has 11 heavy (non-hydrogen) atoms. The van der Waals surface area contributed by atoms with Gasteiger partial charge in [-0.05, 0) is 12.5 Å². The van der Waals surface area contributed by atoms with Crippen LogP contribution < -0.4 is 0 Å². The molecular weight excluding hydrogens is 198 g/mol. The van der Waals surface area contributed by atoms with E-state index in [1.54, 1.807) is 0 Å². The van der Waals surface area contributed by atoms with E-state index in [9.17, 15) is 0 Å². The van der Waals surface area contributed by atoms with Crippen LogP contribution in [0.15, 0.2) is 0 Å². The lowest BCUT2D eigenvalue weighted by molar-refractivity contribution is 0.151. The minimum atomic E-state index is -2.64. The van der Waals surface area contributed by atoms with Crippen molar-refractivity contribution >= 4 is 40.7 Å². The minimum Gasteiger partial charge on any atom is -0.374 e. The summed E-state index contributed by atoms with van der Waals surface area (Å²) in [4.78, 5) is 0. The van der Waals surface area contributed by atoms with Gasteiger partial charge >= 0.3 is 8.47 Å². The zero-order chi connectivity index (χ0) is 8.91. The van der Waals surface area contributed by atoms with Gasteiger partial charge in [0.15, 0.2) is 0 Å². The Morgan fingerprint density at radius 2 is 1.64 bits per heavy atom. The highest BCUT2D eigenvalue weighted by atomic mass is 32.1. The van der Waals surface area contributed by atoms with Crippen molar-refractivity contribution < 1.29 is 13.3 Å². The van der Waals surface area contributed by atoms with Gasteiger partial charge < -0.3 is 13.3 Å². The molecule has 7 heteroatoms. The summed E-state index contributed by atoms with van der Waals surface area (Å²) in [7, 11) is 6.52. The van der Waals surface area contributed by atoms with Crippen LogP contribution in [0.2, 0.25) is 0 Å². The highest BCUT2D eigenvalue weighted by Gasteiger charge is 2.42. The molecule has 0 fully saturated rings. The fourth-order valence-electron chi connectivity index (χ4n) is 0.631. The Morgan fingerprint density at radius 1 is 1.27 bits per heavy atom. The first-order valence-electron chi connectivity index (χ1n) is 2.81. The quantitative estimate of drug-likeness (QED) is 0.381. The van der Waals surface area contributed by atoms with Gasteiger partial charge in [0.25, 0.3) is 0 Å². The van der Waals surface area contributed by atoms with Crippen molar-refractivity contribution in [1.29, 1.82) is 0 Å². The fraction of sp³-hybridized carbons (Fsp3) is 0.750. The standard InChI is InChI=1S/C4H10BO3PSSi/c1-6-11(7-2,8-3)9(5)4-10/h4H,1-3H3. The number of thiocarbonyl (C=S) groups is 1. The smallest absolute Gasteiger partial charge is 0.374 e. The van der Waals surface area contributed by atoms with Crippen LogP contribution >= 0.6 is 19.6 Å². The second kappa shape index (κ2) is 5.35. The molecule has 0 N–H and O–H groups in total. The fourth-order valence-corrected chi connectivity index (χ4v) is 5.34. The van der Waals surface area contributed by atoms with E-state index < -0.39 is 15.8 Å². The van der Waals surface area contributed by atoms with E-state index in [1.165, 1.54) is 26.4 Å². The first kappa shape index (κ1) is 11.7. The third-order valence-corrected chi connectivity index (χ3v) is 8.78. The van der Waals surface area contributed by atoms with Crippen LogP contribution in [0.25, 0.3) is 0 Å². The van der Waals surface area contributed by atoms with E-state index in [0.717, 1.165) is 0 Å². The van der Waals surface area contributed by atoms with Crippen molar-refractivity contribution in [3.63, 3.8) is 0 Å². The molecule has 0 amide bonds. The summed E-state index contributed by atoms with van der Waals surface area (Å²) >= 11 is 4.70. The molecule has 0 aliphatic carbocycles. The van der Waals surface area contributed by atoms with Crippen LogP contribution in [0, 0.1) is 0 Å². The summed E-state index contributed by atoms with van der Waals surface area (Å²) in [6.45, 7) is 0. The molecule has 0 heterocycles. The zero-order valence-corrected chi connectivity index (χ0v) is 9.45. The van der Waals surface area contributed by atoms with Gasteiger partial charge in [-0.3, -0.25) is 0 Å². The first-order valence-corrected chi connectivity index (χ1v) is 7.33. The Labute approximate surface area is 75.7 Å². The van der Waals surface area contributed by atoms with E-state index in [0.29, 0.717) is 0 Å². The zero-order valence-electron chi connectivity index (χ0n) is 6.73. The van der Waals surface area contributed by atoms with Gasteiger partial charge in [-0.15, -0.1) is 0 Å². The van der Waals surface area contributed by atoms with Crippen molar-refractivity contribution in [2.45, 2.75) is 0 Å². The molecule has 0 aromatic rings. The maximum atomic E-state index is 5.68. The molecule has 3 nitrogen and oxygen atoms in total. The average Bonchev–Trinajstić information content (AvgIpc) is 2.08. The maximum absolute atomic E-state index is 5.68. The Bertz CT molecular complexity index is 126. The third-order valence-electron chi connectivity index (χ3n) is 1.20. The number of rotatable bonds is 5. The van der Waals surface area contributed by atoms with Crippen LogP contribution in [0.3, 0.4) is 0 Å². The highest BCUT2D eigenvalue weighted by Crippen LogP contribution is 2.40. The topological polar surface area (TPSA) is 27.7 Å². The second-order valence-corrected chi connectivity index (χ2v) is 8.77. The van der Waals surface area contributed by atoms with Crippen LogP contribution in [0.1, 0.15) is 0 Å². The average molecular weight is 208 g/mol. The van der Waals surface area contributed by atoms with Gasteiger partial charge in [0.1, 0.15) is 7.57 Å². The second-order valence-electron chi connectivity index (χ2n) is 1.65. The predicted molar refractivity (Wildman–Crippen MR) is 53.1 cm³/mol. The molecule has 0 saturated carbocycles. The molecule has 0 rings (SSSR count). The maximum Gasteiger partial charge on any atom is 0.520 e. The third kappa shape index (κ3) is 2.58. The van der Waals surface area contributed by atoms with E-state index in [-0.39, 0.29) is 0 Å². The molecule has 62 valence electrons. The molecule has 0 aromatic carbocycles. The van der Waals surface area contributed by atoms with Gasteiger partial charge in [-0.25, -0.2) is 0 Å². The summed E-state index contributed by atoms with van der Waals surface area (Å²) < 4.78 is 15.3. The lowest BCUT2D eigenvalue weighted by Gasteiger charge is -2.28. The van der Waals surface area contributed by atoms with E-state index in [1.807, 2.05) is 0 Å². The summed E-state index contributed by atoms with van der Waals surface area (Å²) in [5, 5.41) is 1.46. The molecule has 0 bridgehead atoms. The van der Waals surface area contributed by atoms with Crippen LogP contribution in [-0.4, -0.2) is 42.5 Å². The lowest BCUT2D eigenvalue weighted by Crippen LogP contribution is -2.41. The van der Waals surface area contributed by atoms with Gasteiger partial charge in [0, 0.05) is 21.3 Å². The predicted octanol–water partition coefficient (Wildman–Crippen LogP) is 0.884. The minimum absolute atomic E-state index is 1.06. The molecule has 0 spiro atoms. The van der Waals surface area contributed by atoms with Gasteiger partial charge in [0.2, 0.25) is 0 Å². The number of hydrogen-bond donors (Lipinski definition) is 0. The molecule has 0 aliphatic heterocycles. The lowest BCUT2D eigenvalue weighted by atomic mass is 10.8. The van der Waals surface area contributed by atoms with Crippen LogP contribution in [0.5, 0.6) is 0 Å². The van der Waals surface area contributed by atoms with Crippen molar-refractivity contribution in [1.82, 2.24) is 0 Å².